The molecule has 3 heterocycles. The highest BCUT2D eigenvalue weighted by Gasteiger charge is 2.35. The van der Waals surface area contributed by atoms with Gasteiger partial charge in [0.05, 0.1) is 41.6 Å². The Morgan fingerprint density at radius 2 is 1.75 bits per heavy atom. The number of rotatable bonds is 14. The number of amides is 2. The van der Waals surface area contributed by atoms with Crippen molar-refractivity contribution in [2.75, 3.05) is 44.6 Å². The van der Waals surface area contributed by atoms with Crippen molar-refractivity contribution in [2.45, 2.75) is 61.8 Å². The zero-order chi connectivity index (χ0) is 38.7. The molecule has 11 nitrogen and oxygen atoms in total. The number of halogens is 1. The molecule has 3 aliphatic rings. The number of hydrogen-bond donors (Lipinski definition) is 2. The lowest BCUT2D eigenvalue weighted by Crippen LogP contribution is -2.43. The van der Waals surface area contributed by atoms with Gasteiger partial charge in [-0.05, 0) is 66.6 Å². The molecule has 4 aromatic rings. The van der Waals surface area contributed by atoms with Gasteiger partial charge >= 0.3 is 0 Å². The number of aliphatic imine (C=N–C) groups is 1. The van der Waals surface area contributed by atoms with E-state index in [-0.39, 0.29) is 34.4 Å². The second-order valence-electron chi connectivity index (χ2n) is 14.1. The summed E-state index contributed by atoms with van der Waals surface area (Å²) >= 11 is 6.34. The molecule has 0 radical (unpaired) electrons. The lowest BCUT2D eigenvalue weighted by atomic mass is 9.94. The van der Waals surface area contributed by atoms with Gasteiger partial charge in [0, 0.05) is 55.0 Å². The van der Waals surface area contributed by atoms with E-state index in [2.05, 4.69) is 4.72 Å². The number of methoxy groups -OCH3 is 1. The Hall–Kier alpha value is -4.91. The molecule has 0 aromatic heterocycles. The predicted octanol–water partition coefficient (Wildman–Crippen LogP) is 7.56. The maximum Gasteiger partial charge on any atom is 0.257 e. The first-order valence-electron chi connectivity index (χ1n) is 18.7. The largest absolute Gasteiger partial charge is 0.507 e. The average Bonchev–Trinajstić information content (AvgIpc) is 3.53. The van der Waals surface area contributed by atoms with Crippen molar-refractivity contribution in [3.05, 3.63) is 89.5 Å². The third kappa shape index (κ3) is 7.81. The Morgan fingerprint density at radius 1 is 1.00 bits per heavy atom. The van der Waals surface area contributed by atoms with E-state index in [9.17, 15) is 23.1 Å². The molecular formula is C42H45ClN4O7S. The molecule has 0 unspecified atom stereocenters. The second kappa shape index (κ2) is 16.4. The minimum Gasteiger partial charge on any atom is -0.507 e. The van der Waals surface area contributed by atoms with Crippen LogP contribution in [0, 0.1) is 0 Å². The maximum absolute atomic E-state index is 13.7. The van der Waals surface area contributed by atoms with Gasteiger partial charge in [-0.3, -0.25) is 14.6 Å². The summed E-state index contributed by atoms with van der Waals surface area (Å²) in [6.45, 7) is 1.37. The number of phenols is 1. The van der Waals surface area contributed by atoms with Crippen LogP contribution in [-0.2, 0) is 14.8 Å². The highest BCUT2D eigenvalue weighted by Crippen LogP contribution is 2.45. The van der Waals surface area contributed by atoms with Crippen LogP contribution in [0.2, 0.25) is 0 Å². The Kier molecular flexibility index (Phi) is 11.5. The molecule has 0 saturated carbocycles. The van der Waals surface area contributed by atoms with E-state index in [1.54, 1.807) is 65.6 Å². The van der Waals surface area contributed by atoms with Gasteiger partial charge in [-0.2, -0.15) is 0 Å². The van der Waals surface area contributed by atoms with E-state index >= 15 is 0 Å². The first-order chi connectivity index (χ1) is 26.6. The van der Waals surface area contributed by atoms with Crippen molar-refractivity contribution < 1.29 is 32.6 Å². The number of alkyl halides is 1. The lowest BCUT2D eigenvalue weighted by Gasteiger charge is -2.32. The fourth-order valence-corrected chi connectivity index (χ4v) is 8.75. The average molecular weight is 785 g/mol. The zero-order valence-corrected chi connectivity index (χ0v) is 32.5. The molecule has 3 aliphatic heterocycles. The summed E-state index contributed by atoms with van der Waals surface area (Å²) in [7, 11) is -0.603. The molecule has 0 spiro atoms. The minimum atomic E-state index is -3.53. The number of unbranched alkanes of at least 4 members (excludes halogenated alkanes) is 4. The smallest absolute Gasteiger partial charge is 0.257 e. The first-order valence-corrected chi connectivity index (χ1v) is 20.7. The Morgan fingerprint density at radius 3 is 2.49 bits per heavy atom. The van der Waals surface area contributed by atoms with E-state index in [1.165, 1.54) is 7.05 Å². The van der Waals surface area contributed by atoms with Crippen molar-refractivity contribution in [3.8, 4) is 17.2 Å². The van der Waals surface area contributed by atoms with Gasteiger partial charge in [-0.15, -0.1) is 11.6 Å². The molecule has 7 rings (SSSR count). The molecule has 0 saturated heterocycles. The van der Waals surface area contributed by atoms with Crippen molar-refractivity contribution in [3.63, 3.8) is 0 Å². The third-order valence-corrected chi connectivity index (χ3v) is 12.6. The van der Waals surface area contributed by atoms with Crippen LogP contribution in [0.1, 0.15) is 72.3 Å². The molecule has 2 N–H and O–H groups in total. The summed E-state index contributed by atoms with van der Waals surface area (Å²) in [6, 6.07) is 19.3. The number of ether oxygens (including phenoxy) is 2. The SMILES string of the molecule is CNS(=O)(=O)c1ccc(C2=CCN3C(=O)c4cc(OC)c(OCCCCCCCC(=O)N5C[C@@H](CCl)c6c5cc(O)c5ccccc65)cc4N=C[C@@H]3C2)cc1. The normalized spacial score (nSPS) is 17.7. The van der Waals surface area contributed by atoms with Gasteiger partial charge in [-0.25, -0.2) is 13.1 Å². The van der Waals surface area contributed by atoms with Crippen LogP contribution in [0.15, 0.2) is 82.7 Å². The van der Waals surface area contributed by atoms with Gasteiger partial charge in [0.15, 0.2) is 11.5 Å². The van der Waals surface area contributed by atoms with Crippen molar-refractivity contribution in [1.29, 1.82) is 0 Å². The number of anilines is 1. The van der Waals surface area contributed by atoms with Gasteiger partial charge in [-0.1, -0.05) is 61.7 Å². The number of nitrogens with zero attached hydrogens (tertiary/aromatic N) is 3. The Balaban J connectivity index is 0.897. The number of benzene rings is 4. The van der Waals surface area contributed by atoms with E-state index in [4.69, 9.17) is 26.1 Å². The number of aromatic hydroxyl groups is 1. The summed E-state index contributed by atoms with van der Waals surface area (Å²) < 4.78 is 38.4. The van der Waals surface area contributed by atoms with Crippen LogP contribution >= 0.6 is 11.6 Å². The van der Waals surface area contributed by atoms with Gasteiger partial charge in [0.25, 0.3) is 5.91 Å². The van der Waals surface area contributed by atoms with Crippen LogP contribution < -0.4 is 19.1 Å². The maximum atomic E-state index is 13.7. The summed E-state index contributed by atoms with van der Waals surface area (Å²) in [5.41, 5.74) is 4.67. The summed E-state index contributed by atoms with van der Waals surface area (Å²) in [6.07, 6.45) is 9.13. The molecule has 13 heteroatoms. The Bertz CT molecular complexity index is 2280. The van der Waals surface area contributed by atoms with Gasteiger partial charge in [0.1, 0.15) is 5.75 Å². The molecule has 0 fully saturated rings. The minimum absolute atomic E-state index is 0.0226. The van der Waals surface area contributed by atoms with Crippen LogP contribution in [0.3, 0.4) is 0 Å². The lowest BCUT2D eigenvalue weighted by molar-refractivity contribution is -0.118. The van der Waals surface area contributed by atoms with Crippen LogP contribution in [0.5, 0.6) is 17.2 Å². The molecule has 0 bridgehead atoms. The number of fused-ring (bicyclic) bond motifs is 5. The van der Waals surface area contributed by atoms with Crippen molar-refractivity contribution >= 4 is 67.4 Å². The van der Waals surface area contributed by atoms with Gasteiger partial charge < -0.3 is 24.4 Å². The number of nitrogens with one attached hydrogen (secondary N) is 1. The number of carbonyl (C=O) groups excluding carboxylic acids is 2. The number of carbonyl (C=O) groups is 2. The monoisotopic (exact) mass is 784 g/mol. The quantitative estimate of drug-likeness (QED) is 0.0995. The summed E-state index contributed by atoms with van der Waals surface area (Å²) in [5.74, 6) is 1.48. The summed E-state index contributed by atoms with van der Waals surface area (Å²) in [4.78, 5) is 35.5. The van der Waals surface area contributed by atoms with Crippen molar-refractivity contribution in [2.24, 2.45) is 4.99 Å². The zero-order valence-electron chi connectivity index (χ0n) is 31.0. The van der Waals surface area contributed by atoms with Crippen molar-refractivity contribution in [1.82, 2.24) is 9.62 Å². The van der Waals surface area contributed by atoms with E-state index in [1.807, 2.05) is 30.3 Å². The third-order valence-electron chi connectivity index (χ3n) is 10.8. The molecule has 2 atom stereocenters. The predicted molar refractivity (Wildman–Crippen MR) is 216 cm³/mol. The molecule has 55 heavy (non-hydrogen) atoms. The fourth-order valence-electron chi connectivity index (χ4n) is 7.77. The highest BCUT2D eigenvalue weighted by atomic mass is 35.5. The standard InChI is InChI=1S/C42H45ClN4O7S/c1-44-55(51,52)31-15-13-27(14-16-31)28-17-18-46-30(20-28)25-45-35-22-39(38(53-2)21-34(35)42(46)50)54-19-9-5-3-4-6-12-40(49)47-26-29(24-43)41-33-11-8-7-10-32(33)37(48)23-36(41)47/h7-8,10-11,13-17,21-23,25,29-30,44,48H,3-6,9,12,18-20,24,26H2,1-2H3/t29-,30+/m1/s1. The number of hydrogen-bond acceptors (Lipinski definition) is 8. The molecule has 4 aromatic carbocycles. The molecule has 288 valence electrons. The van der Waals surface area contributed by atoms with E-state index in [0.29, 0.717) is 61.2 Å². The molecular weight excluding hydrogens is 740 g/mol. The van der Waals surface area contributed by atoms with Crippen LogP contribution in [0.25, 0.3) is 16.3 Å². The van der Waals surface area contributed by atoms with Crippen LogP contribution in [0.4, 0.5) is 11.4 Å². The fraction of sp³-hybridized carbons (Fsp3) is 0.357. The topological polar surface area (TPSA) is 138 Å². The van der Waals surface area contributed by atoms with Crippen LogP contribution in [-0.4, -0.2) is 82.2 Å². The van der Waals surface area contributed by atoms with Gasteiger partial charge in [0.2, 0.25) is 15.9 Å². The highest BCUT2D eigenvalue weighted by molar-refractivity contribution is 7.89. The summed E-state index contributed by atoms with van der Waals surface area (Å²) in [5, 5.41) is 12.4. The molecule has 2 amide bonds. The van der Waals surface area contributed by atoms with E-state index in [0.717, 1.165) is 65.3 Å². The number of sulfonamides is 1. The number of phenolic OH excluding ortho intramolecular Hbond substituents is 1. The van der Waals surface area contributed by atoms with E-state index < -0.39 is 10.0 Å². The first kappa shape index (κ1) is 38.4. The second-order valence-corrected chi connectivity index (χ2v) is 16.3. The molecule has 0 aliphatic carbocycles. The Labute approximate surface area is 326 Å².